The fourth-order valence-electron chi connectivity index (χ4n) is 6.91. The van der Waals surface area contributed by atoms with Gasteiger partial charge < -0.3 is 23.8 Å². The molecule has 4 aliphatic rings. The van der Waals surface area contributed by atoms with Gasteiger partial charge in [-0.1, -0.05) is 121 Å². The number of hydrogen-bond donors (Lipinski definition) is 0. The van der Waals surface area contributed by atoms with Crippen LogP contribution in [0.1, 0.15) is 36.1 Å². The summed E-state index contributed by atoms with van der Waals surface area (Å²) in [6.07, 6.45) is 29.8. The first-order chi connectivity index (χ1) is 30.9. The summed E-state index contributed by atoms with van der Waals surface area (Å²) in [7, 11) is 5.04. The van der Waals surface area contributed by atoms with Crippen LogP contribution in [0.2, 0.25) is 0 Å². The minimum atomic E-state index is -3.17. The van der Waals surface area contributed by atoms with Gasteiger partial charge in [0.2, 0.25) is 0 Å². The zero-order chi connectivity index (χ0) is 45.4. The lowest BCUT2D eigenvalue weighted by atomic mass is 9.99. The molecule has 0 bridgehead atoms. The summed E-state index contributed by atoms with van der Waals surface area (Å²) in [5, 5.41) is 16.6. The number of rotatable bonds is 6. The van der Waals surface area contributed by atoms with Crippen molar-refractivity contribution in [2.45, 2.75) is 13.8 Å². The fourth-order valence-corrected chi connectivity index (χ4v) is 6.91. The van der Waals surface area contributed by atoms with Crippen LogP contribution in [0.4, 0.5) is 4.32 Å². The fraction of sp³-hybridized carbons (Fsp3) is 0.107. The Balaban J connectivity index is 0.000000196. The second kappa shape index (κ2) is 22.6. The van der Waals surface area contributed by atoms with Crippen molar-refractivity contribution in [3.63, 3.8) is 0 Å². The third-order valence-electron chi connectivity index (χ3n) is 10.4. The van der Waals surface area contributed by atoms with Crippen molar-refractivity contribution in [1.82, 2.24) is 0 Å². The quantitative estimate of drug-likeness (QED) is 0.143. The highest BCUT2D eigenvalue weighted by atomic mass is 19.1. The minimum absolute atomic E-state index is 0.837. The van der Waals surface area contributed by atoms with Crippen LogP contribution in [0.25, 0.3) is 22.7 Å². The first kappa shape index (κ1) is 46.1. The Morgan fingerprint density at radius 1 is 0.453 bits per heavy atom. The summed E-state index contributed by atoms with van der Waals surface area (Å²) in [6, 6.07) is 41.3. The molecule has 0 fully saturated rings. The van der Waals surface area contributed by atoms with Crippen LogP contribution in [-0.2, 0) is 9.47 Å². The number of nitrogens with zero attached hydrogens (tertiary/aromatic N) is 2. The molecule has 6 nitrogen and oxygen atoms in total. The van der Waals surface area contributed by atoms with Gasteiger partial charge >= 0.3 is 0 Å². The smallest absolute Gasteiger partial charge is 0.199 e. The summed E-state index contributed by atoms with van der Waals surface area (Å²) in [4.78, 5) is 0. The Kier molecular flexibility index (Phi) is 16.3. The van der Waals surface area contributed by atoms with E-state index in [1.54, 1.807) is 0 Å². The van der Waals surface area contributed by atoms with Crippen LogP contribution in [0, 0.1) is 0 Å². The second-order valence-corrected chi connectivity index (χ2v) is 15.5. The predicted molar refractivity (Wildman–Crippen MR) is 259 cm³/mol. The topological polar surface area (TPSA) is 70.6 Å². The predicted octanol–water partition coefficient (Wildman–Crippen LogP) is 10.0. The molecule has 4 aromatic carbocycles. The van der Waals surface area contributed by atoms with Crippen LogP contribution >= 0.6 is 0 Å². The first-order valence-electron chi connectivity index (χ1n) is 21.0. The van der Waals surface area contributed by atoms with Gasteiger partial charge in [-0.3, -0.25) is 0 Å². The van der Waals surface area contributed by atoms with E-state index in [1.807, 2.05) is 48.5 Å². The van der Waals surface area contributed by atoms with Crippen LogP contribution < -0.4 is 10.0 Å². The summed E-state index contributed by atoms with van der Waals surface area (Å²) < 4.78 is 26.7. The number of allylic oxidation sites excluding steroid dienone is 20. The summed E-state index contributed by atoms with van der Waals surface area (Å²) in [6.45, 7) is 4.25. The van der Waals surface area contributed by atoms with E-state index in [9.17, 15) is 4.32 Å². The Bertz CT molecular complexity index is 2530. The maximum absolute atomic E-state index is 9.89. The summed E-state index contributed by atoms with van der Waals surface area (Å²) >= 11 is 0. The molecule has 8 heteroatoms. The molecule has 8 rings (SSSR count). The molecular formula is C56H52BFN2O4. The van der Waals surface area contributed by atoms with Crippen molar-refractivity contribution in [3.8, 4) is 0 Å². The minimum Gasteiger partial charge on any atom is -0.867 e. The SMILES string of the molecule is CC(C=C1C=C(c2ccccc2)C=C(c2ccccc2)O1)=C1C=CC(=[N+](C)C)C=C1.CC(C=C1C=C(c2ccccc2)C=C(c2ccccc2)O1)=C1C=CC(=[N+](C)C)C=C1.[O-]B([O-])F. The lowest BCUT2D eigenvalue weighted by molar-refractivity contribution is -0.462. The molecule has 2 aliphatic carbocycles. The van der Waals surface area contributed by atoms with Crippen molar-refractivity contribution >= 4 is 41.5 Å². The molecule has 0 saturated heterocycles. The van der Waals surface area contributed by atoms with E-state index < -0.39 is 7.40 Å². The average Bonchev–Trinajstić information content (AvgIpc) is 3.32. The third-order valence-corrected chi connectivity index (χ3v) is 10.4. The van der Waals surface area contributed by atoms with Gasteiger partial charge in [0.15, 0.2) is 11.4 Å². The Morgan fingerprint density at radius 3 is 1.02 bits per heavy atom. The van der Waals surface area contributed by atoms with Gasteiger partial charge in [-0.2, -0.15) is 0 Å². The van der Waals surface area contributed by atoms with E-state index in [4.69, 9.17) is 19.5 Å². The standard InChI is InChI=1S/2C28H26NO.BFO2/c2*1-21(22-14-16-26(17-15-22)29(2)3)18-27-19-25(23-10-6-4-7-11-23)20-28(30-27)24-12-8-5-9-13-24;2-1(3)4/h2*4-20H,1-3H3;/q2*+1;-2. The highest BCUT2D eigenvalue weighted by molar-refractivity contribution is 6.27. The van der Waals surface area contributed by atoms with Gasteiger partial charge in [-0.15, -0.1) is 0 Å². The molecule has 0 aromatic heterocycles. The largest absolute Gasteiger partial charge is 0.867 e. The van der Waals surface area contributed by atoms with Gasteiger partial charge in [0.25, 0.3) is 0 Å². The maximum Gasteiger partial charge on any atom is 0.199 e. The molecule has 2 aliphatic heterocycles. The van der Waals surface area contributed by atoms with Crippen molar-refractivity contribution in [1.29, 1.82) is 0 Å². The second-order valence-electron chi connectivity index (χ2n) is 15.5. The molecule has 0 spiro atoms. The summed E-state index contributed by atoms with van der Waals surface area (Å²) in [5.74, 6) is 3.40. The molecule has 0 radical (unpaired) electrons. The zero-order valence-electron chi connectivity index (χ0n) is 37.1. The highest BCUT2D eigenvalue weighted by Gasteiger charge is 2.17. The molecule has 320 valence electrons. The van der Waals surface area contributed by atoms with Crippen molar-refractivity contribution in [3.05, 3.63) is 262 Å². The molecule has 2 heterocycles. The van der Waals surface area contributed by atoms with Crippen LogP contribution in [0.15, 0.2) is 240 Å². The van der Waals surface area contributed by atoms with Gasteiger partial charge in [0.05, 0.1) is 0 Å². The van der Waals surface area contributed by atoms with E-state index in [1.165, 1.54) is 33.7 Å². The van der Waals surface area contributed by atoms with Crippen molar-refractivity contribution in [2.24, 2.45) is 0 Å². The Labute approximate surface area is 377 Å². The maximum atomic E-state index is 9.89. The van der Waals surface area contributed by atoms with E-state index in [2.05, 4.69) is 209 Å². The van der Waals surface area contributed by atoms with E-state index >= 15 is 0 Å². The normalized spacial score (nSPS) is 16.2. The van der Waals surface area contributed by atoms with E-state index in [0.29, 0.717) is 0 Å². The number of benzene rings is 4. The molecule has 0 saturated carbocycles. The zero-order valence-corrected chi connectivity index (χ0v) is 37.1. The first-order valence-corrected chi connectivity index (χ1v) is 21.0. The van der Waals surface area contributed by atoms with Crippen LogP contribution in [0.3, 0.4) is 0 Å². The van der Waals surface area contributed by atoms with Crippen LogP contribution in [-0.4, -0.2) is 56.2 Å². The van der Waals surface area contributed by atoms with Gasteiger partial charge in [0.1, 0.15) is 58.6 Å². The Morgan fingerprint density at radius 2 is 0.734 bits per heavy atom. The molecule has 0 N–H and O–H groups in total. The molecule has 0 atom stereocenters. The van der Waals surface area contributed by atoms with Crippen molar-refractivity contribution < 1.29 is 33.0 Å². The molecule has 4 aromatic rings. The van der Waals surface area contributed by atoms with E-state index in [-0.39, 0.29) is 0 Å². The molecule has 64 heavy (non-hydrogen) atoms. The van der Waals surface area contributed by atoms with Gasteiger partial charge in [-0.05, 0) is 119 Å². The lowest BCUT2D eigenvalue weighted by Gasteiger charge is -2.19. The lowest BCUT2D eigenvalue weighted by Crippen LogP contribution is -2.39. The highest BCUT2D eigenvalue weighted by Crippen LogP contribution is 2.34. The monoisotopic (exact) mass is 846 g/mol. The van der Waals surface area contributed by atoms with E-state index in [0.717, 1.165) is 56.5 Å². The number of ether oxygens (including phenoxy) is 2. The summed E-state index contributed by atoms with van der Waals surface area (Å²) in [5.41, 5.74) is 13.8. The van der Waals surface area contributed by atoms with Gasteiger partial charge in [-0.25, -0.2) is 9.15 Å². The average molecular weight is 847 g/mol. The molecule has 0 amide bonds. The molecule has 0 unspecified atom stereocenters. The van der Waals surface area contributed by atoms with Gasteiger partial charge in [0, 0.05) is 35.4 Å². The third kappa shape index (κ3) is 13.3. The molecular weight excluding hydrogens is 794 g/mol. The van der Waals surface area contributed by atoms with Crippen molar-refractivity contribution in [2.75, 3.05) is 28.2 Å². The number of halogens is 1. The van der Waals surface area contributed by atoms with Crippen LogP contribution in [0.5, 0.6) is 0 Å². The Hall–Kier alpha value is -7.39. The number of hydrogen-bond acceptors (Lipinski definition) is 4.